The maximum atomic E-state index is 12.6. The number of hydrogen-bond acceptors (Lipinski definition) is 6. The van der Waals surface area contributed by atoms with Crippen LogP contribution in [0.1, 0.15) is 50.8 Å². The molecule has 174 valence electrons. The van der Waals surface area contributed by atoms with E-state index >= 15 is 0 Å². The number of hydrogen-bond donors (Lipinski definition) is 1. The van der Waals surface area contributed by atoms with Crippen molar-refractivity contribution in [3.05, 3.63) is 34.1 Å². The van der Waals surface area contributed by atoms with Crippen molar-refractivity contribution in [1.29, 1.82) is 0 Å². The molecule has 1 aliphatic heterocycles. The van der Waals surface area contributed by atoms with E-state index < -0.39 is 0 Å². The number of nitrogens with one attached hydrogen (secondary N) is 1. The van der Waals surface area contributed by atoms with Gasteiger partial charge in [-0.05, 0) is 56.8 Å². The molecule has 1 aromatic carbocycles. The average Bonchev–Trinajstić information content (AvgIpc) is 3.46. The van der Waals surface area contributed by atoms with Gasteiger partial charge in [0.2, 0.25) is 17.6 Å². The molecule has 1 atom stereocenters. The largest absolute Gasteiger partial charge is 0.378 e. The Hall–Kier alpha value is -1.67. The molecule has 2 aromatic rings. The number of halogens is 2. The molecule has 2 heterocycles. The zero-order chi connectivity index (χ0) is 22.3. The third-order valence-electron chi connectivity index (χ3n) is 6.15. The van der Waals surface area contributed by atoms with Gasteiger partial charge in [0, 0.05) is 30.3 Å². The van der Waals surface area contributed by atoms with Crippen LogP contribution in [0.3, 0.4) is 0 Å². The fourth-order valence-electron chi connectivity index (χ4n) is 4.44. The number of ether oxygens (including phenoxy) is 1. The van der Waals surface area contributed by atoms with E-state index in [2.05, 4.69) is 20.4 Å². The van der Waals surface area contributed by atoms with Crippen LogP contribution in [0.2, 0.25) is 10.0 Å². The van der Waals surface area contributed by atoms with Crippen molar-refractivity contribution in [1.82, 2.24) is 20.4 Å². The monoisotopic (exact) mass is 480 g/mol. The normalized spacial score (nSPS) is 20.0. The third-order valence-corrected chi connectivity index (χ3v) is 6.70. The molecule has 1 amide bonds. The minimum absolute atomic E-state index is 0.0207. The molecule has 1 N–H and O–H groups in total. The first kappa shape index (κ1) is 23.5. The van der Waals surface area contributed by atoms with Crippen molar-refractivity contribution in [2.45, 2.75) is 57.6 Å². The van der Waals surface area contributed by atoms with Gasteiger partial charge >= 0.3 is 0 Å². The fourth-order valence-corrected chi connectivity index (χ4v) is 4.93. The van der Waals surface area contributed by atoms with E-state index in [-0.39, 0.29) is 11.8 Å². The molecule has 1 unspecified atom stereocenters. The smallest absolute Gasteiger partial charge is 0.241 e. The minimum Gasteiger partial charge on any atom is -0.378 e. The van der Waals surface area contributed by atoms with E-state index in [1.807, 2.05) is 0 Å². The summed E-state index contributed by atoms with van der Waals surface area (Å²) in [6.45, 7) is 3.48. The lowest BCUT2D eigenvalue weighted by molar-refractivity contribution is -0.126. The van der Waals surface area contributed by atoms with Gasteiger partial charge in [0.15, 0.2) is 0 Å². The van der Waals surface area contributed by atoms with E-state index in [1.165, 1.54) is 25.7 Å². The number of nitrogens with zero attached hydrogens (tertiary/aromatic N) is 3. The van der Waals surface area contributed by atoms with Crippen molar-refractivity contribution in [2.75, 3.05) is 26.2 Å². The summed E-state index contributed by atoms with van der Waals surface area (Å²) in [5, 5.41) is 8.16. The second-order valence-corrected chi connectivity index (χ2v) is 9.48. The first-order chi connectivity index (χ1) is 15.6. The molecular weight excluding hydrogens is 451 g/mol. The van der Waals surface area contributed by atoms with Crippen LogP contribution in [0.25, 0.3) is 11.4 Å². The van der Waals surface area contributed by atoms with Gasteiger partial charge in [-0.25, -0.2) is 0 Å². The molecule has 0 radical (unpaired) electrons. The molecule has 9 heteroatoms. The van der Waals surface area contributed by atoms with Gasteiger partial charge in [-0.15, -0.1) is 0 Å². The van der Waals surface area contributed by atoms with Crippen LogP contribution in [0.4, 0.5) is 0 Å². The summed E-state index contributed by atoms with van der Waals surface area (Å²) >= 11 is 12.2. The van der Waals surface area contributed by atoms with Crippen LogP contribution < -0.4 is 5.32 Å². The van der Waals surface area contributed by atoms with Gasteiger partial charge in [0.25, 0.3) is 0 Å². The summed E-state index contributed by atoms with van der Waals surface area (Å²) in [7, 11) is 0. The Morgan fingerprint density at radius 1 is 1.22 bits per heavy atom. The fraction of sp³-hybridized carbons (Fsp3) is 0.609. The number of aromatic nitrogens is 2. The summed E-state index contributed by atoms with van der Waals surface area (Å²) in [5.74, 6) is 1.05. The van der Waals surface area contributed by atoms with Crippen LogP contribution in [0, 0.1) is 5.92 Å². The van der Waals surface area contributed by atoms with E-state index in [0.29, 0.717) is 53.1 Å². The van der Waals surface area contributed by atoms with Gasteiger partial charge in [-0.1, -0.05) is 41.2 Å². The Balaban J connectivity index is 1.21. The Morgan fingerprint density at radius 3 is 2.88 bits per heavy atom. The lowest BCUT2D eigenvalue weighted by atomic mass is 9.97. The number of amides is 1. The molecule has 0 bridgehead atoms. The van der Waals surface area contributed by atoms with Crippen LogP contribution >= 0.6 is 23.2 Å². The van der Waals surface area contributed by atoms with Crippen molar-refractivity contribution in [3.63, 3.8) is 0 Å². The molecule has 1 saturated carbocycles. The number of likely N-dealkylation sites (tertiary alicyclic amines) is 1. The SMILES string of the molecule is O=C(NCCCOC1CCCC1)C1CCCN(Cc2nc(-c3ccc(Cl)cc3Cl)no2)C1. The molecule has 1 aliphatic carbocycles. The van der Waals surface area contributed by atoms with E-state index in [0.717, 1.165) is 32.4 Å². The quantitative estimate of drug-likeness (QED) is 0.522. The summed E-state index contributed by atoms with van der Waals surface area (Å²) < 4.78 is 11.3. The van der Waals surface area contributed by atoms with E-state index in [4.69, 9.17) is 32.5 Å². The molecule has 4 rings (SSSR count). The highest BCUT2D eigenvalue weighted by atomic mass is 35.5. The molecule has 32 heavy (non-hydrogen) atoms. The third kappa shape index (κ3) is 6.44. The topological polar surface area (TPSA) is 80.5 Å². The lowest BCUT2D eigenvalue weighted by Crippen LogP contribution is -2.43. The predicted octanol–water partition coefficient (Wildman–Crippen LogP) is 4.72. The highest BCUT2D eigenvalue weighted by Gasteiger charge is 2.27. The van der Waals surface area contributed by atoms with Crippen LogP contribution in [-0.4, -0.2) is 53.3 Å². The van der Waals surface area contributed by atoms with E-state index in [1.54, 1.807) is 18.2 Å². The van der Waals surface area contributed by atoms with Crippen molar-refractivity contribution in [3.8, 4) is 11.4 Å². The minimum atomic E-state index is -0.0207. The standard InChI is InChI=1S/C23H30Cl2N4O3/c24-17-8-9-19(20(25)13-17)22-27-21(32-28-22)15-29-11-3-5-16(14-29)23(30)26-10-4-12-31-18-6-1-2-7-18/h8-9,13,16,18H,1-7,10-12,14-15H2,(H,26,30). The van der Waals surface area contributed by atoms with Crippen LogP contribution in [-0.2, 0) is 16.1 Å². The van der Waals surface area contributed by atoms with Crippen molar-refractivity contribution >= 4 is 29.1 Å². The zero-order valence-corrected chi connectivity index (χ0v) is 19.7. The van der Waals surface area contributed by atoms with Crippen LogP contribution in [0.5, 0.6) is 0 Å². The van der Waals surface area contributed by atoms with Crippen molar-refractivity contribution in [2.24, 2.45) is 5.92 Å². The second-order valence-electron chi connectivity index (χ2n) is 8.63. The van der Waals surface area contributed by atoms with E-state index in [9.17, 15) is 4.79 Å². The second kappa shape index (κ2) is 11.5. The number of piperidine rings is 1. The maximum absolute atomic E-state index is 12.6. The Kier molecular flexibility index (Phi) is 8.41. The van der Waals surface area contributed by atoms with Crippen molar-refractivity contribution < 1.29 is 14.1 Å². The zero-order valence-electron chi connectivity index (χ0n) is 18.2. The first-order valence-electron chi connectivity index (χ1n) is 11.5. The molecule has 1 saturated heterocycles. The van der Waals surface area contributed by atoms with Gasteiger partial charge in [0.05, 0.1) is 23.6 Å². The number of carbonyl (C=O) groups excluding carboxylic acids is 1. The average molecular weight is 481 g/mol. The number of benzene rings is 1. The van der Waals surface area contributed by atoms with Gasteiger partial charge in [-0.2, -0.15) is 4.98 Å². The molecule has 7 nitrogen and oxygen atoms in total. The Morgan fingerprint density at radius 2 is 2.06 bits per heavy atom. The highest BCUT2D eigenvalue weighted by Crippen LogP contribution is 2.29. The summed E-state index contributed by atoms with van der Waals surface area (Å²) in [4.78, 5) is 19.3. The van der Waals surface area contributed by atoms with Gasteiger partial charge < -0.3 is 14.6 Å². The number of rotatable bonds is 9. The van der Waals surface area contributed by atoms with Crippen LogP contribution in [0.15, 0.2) is 22.7 Å². The van der Waals surface area contributed by atoms with Gasteiger partial charge in [-0.3, -0.25) is 9.69 Å². The summed E-state index contributed by atoms with van der Waals surface area (Å²) in [5.41, 5.74) is 0.680. The molecule has 2 fully saturated rings. The lowest BCUT2D eigenvalue weighted by Gasteiger charge is -2.30. The molecular formula is C23H30Cl2N4O3. The molecule has 2 aliphatic rings. The molecule has 1 aromatic heterocycles. The van der Waals surface area contributed by atoms with Gasteiger partial charge in [0.1, 0.15) is 0 Å². The number of carbonyl (C=O) groups is 1. The summed E-state index contributed by atoms with van der Waals surface area (Å²) in [6.07, 6.45) is 8.06. The summed E-state index contributed by atoms with van der Waals surface area (Å²) in [6, 6.07) is 5.18. The maximum Gasteiger partial charge on any atom is 0.241 e. The Labute approximate surface area is 198 Å². The molecule has 0 spiro atoms. The first-order valence-corrected chi connectivity index (χ1v) is 12.2. The highest BCUT2D eigenvalue weighted by molar-refractivity contribution is 6.36. The Bertz CT molecular complexity index is 901. The predicted molar refractivity (Wildman–Crippen MR) is 124 cm³/mol.